The lowest BCUT2D eigenvalue weighted by atomic mass is 10.0. The average Bonchev–Trinajstić information content (AvgIpc) is 2.70. The second-order valence-corrected chi connectivity index (χ2v) is 7.01. The van der Waals surface area contributed by atoms with Gasteiger partial charge in [0.2, 0.25) is 5.91 Å². The Morgan fingerprint density at radius 2 is 1.79 bits per heavy atom. The van der Waals surface area contributed by atoms with Gasteiger partial charge in [-0.1, -0.05) is 12.1 Å². The molecular formula is C22H24F2N2O3. The monoisotopic (exact) mass is 402 g/mol. The SMILES string of the molecule is CCOc1ccc(CC(=O)N2CCC(NC(=O)c3ccc(F)cc3F)CC2)cc1. The van der Waals surface area contributed by atoms with Crippen molar-refractivity contribution in [2.75, 3.05) is 19.7 Å². The summed E-state index contributed by atoms with van der Waals surface area (Å²) in [7, 11) is 0. The van der Waals surface area contributed by atoms with Crippen molar-refractivity contribution in [2.24, 2.45) is 0 Å². The van der Waals surface area contributed by atoms with E-state index in [1.807, 2.05) is 31.2 Å². The number of hydrogen-bond acceptors (Lipinski definition) is 3. The van der Waals surface area contributed by atoms with Gasteiger partial charge < -0.3 is 15.0 Å². The van der Waals surface area contributed by atoms with Crippen molar-refractivity contribution in [1.29, 1.82) is 0 Å². The largest absolute Gasteiger partial charge is 0.494 e. The van der Waals surface area contributed by atoms with Gasteiger partial charge in [0, 0.05) is 25.2 Å². The van der Waals surface area contributed by atoms with Gasteiger partial charge in [-0.25, -0.2) is 8.78 Å². The van der Waals surface area contributed by atoms with Crippen molar-refractivity contribution in [1.82, 2.24) is 10.2 Å². The number of carbonyl (C=O) groups excluding carboxylic acids is 2. The molecule has 1 fully saturated rings. The van der Waals surface area contributed by atoms with E-state index in [-0.39, 0.29) is 17.5 Å². The van der Waals surface area contributed by atoms with Crippen LogP contribution in [0.15, 0.2) is 42.5 Å². The Hall–Kier alpha value is -2.96. The van der Waals surface area contributed by atoms with Gasteiger partial charge in [-0.2, -0.15) is 0 Å². The fourth-order valence-corrected chi connectivity index (χ4v) is 3.37. The van der Waals surface area contributed by atoms with E-state index in [1.165, 1.54) is 0 Å². The maximum absolute atomic E-state index is 13.7. The van der Waals surface area contributed by atoms with Gasteiger partial charge in [-0.3, -0.25) is 9.59 Å². The Labute approximate surface area is 168 Å². The van der Waals surface area contributed by atoms with Crippen molar-refractivity contribution in [2.45, 2.75) is 32.2 Å². The first kappa shape index (κ1) is 20.8. The molecule has 2 aromatic carbocycles. The first-order valence-electron chi connectivity index (χ1n) is 9.71. The predicted molar refractivity (Wildman–Crippen MR) is 105 cm³/mol. The molecule has 154 valence electrons. The van der Waals surface area contributed by atoms with Crippen molar-refractivity contribution in [3.63, 3.8) is 0 Å². The minimum atomic E-state index is -0.884. The third-order valence-corrected chi connectivity index (χ3v) is 4.95. The number of nitrogens with zero attached hydrogens (tertiary/aromatic N) is 1. The number of carbonyl (C=O) groups is 2. The van der Waals surface area contributed by atoms with E-state index in [1.54, 1.807) is 4.90 Å². The molecule has 0 saturated carbocycles. The maximum atomic E-state index is 13.7. The highest BCUT2D eigenvalue weighted by atomic mass is 19.1. The number of ether oxygens (including phenoxy) is 1. The predicted octanol–water partition coefficient (Wildman–Crippen LogP) is 3.33. The van der Waals surface area contributed by atoms with Gasteiger partial charge in [0.25, 0.3) is 5.91 Å². The van der Waals surface area contributed by atoms with Crippen LogP contribution in [0, 0.1) is 11.6 Å². The maximum Gasteiger partial charge on any atom is 0.254 e. The van der Waals surface area contributed by atoms with Crippen LogP contribution in [-0.2, 0) is 11.2 Å². The zero-order valence-electron chi connectivity index (χ0n) is 16.3. The van der Waals surface area contributed by atoms with Crippen LogP contribution in [0.1, 0.15) is 35.7 Å². The molecule has 1 saturated heterocycles. The van der Waals surface area contributed by atoms with Crippen LogP contribution < -0.4 is 10.1 Å². The van der Waals surface area contributed by atoms with E-state index < -0.39 is 17.5 Å². The number of amides is 2. The highest BCUT2D eigenvalue weighted by molar-refractivity contribution is 5.94. The number of likely N-dealkylation sites (tertiary alicyclic amines) is 1. The van der Waals surface area contributed by atoms with Crippen LogP contribution >= 0.6 is 0 Å². The highest BCUT2D eigenvalue weighted by Crippen LogP contribution is 2.16. The number of halogens is 2. The third kappa shape index (κ3) is 5.53. The second kappa shape index (κ2) is 9.49. The third-order valence-electron chi connectivity index (χ3n) is 4.95. The topological polar surface area (TPSA) is 58.6 Å². The van der Waals surface area contributed by atoms with Crippen LogP contribution in [0.5, 0.6) is 5.75 Å². The van der Waals surface area contributed by atoms with Gasteiger partial charge in [0.15, 0.2) is 0 Å². The van der Waals surface area contributed by atoms with Crippen LogP contribution in [-0.4, -0.2) is 42.5 Å². The Kier molecular flexibility index (Phi) is 6.80. The molecule has 0 bridgehead atoms. The fourth-order valence-electron chi connectivity index (χ4n) is 3.37. The Morgan fingerprint density at radius 1 is 1.10 bits per heavy atom. The van der Waals surface area contributed by atoms with E-state index in [0.29, 0.717) is 45.0 Å². The molecule has 0 aliphatic carbocycles. The molecule has 3 rings (SSSR count). The summed E-state index contributed by atoms with van der Waals surface area (Å²) in [5.74, 6) is -1.37. The molecule has 2 aromatic rings. The molecule has 29 heavy (non-hydrogen) atoms. The number of rotatable bonds is 6. The summed E-state index contributed by atoms with van der Waals surface area (Å²) >= 11 is 0. The Morgan fingerprint density at radius 3 is 2.41 bits per heavy atom. The van der Waals surface area contributed by atoms with Gasteiger partial charge in [0.1, 0.15) is 17.4 Å². The van der Waals surface area contributed by atoms with E-state index >= 15 is 0 Å². The van der Waals surface area contributed by atoms with Gasteiger partial charge in [-0.05, 0) is 49.6 Å². The summed E-state index contributed by atoms with van der Waals surface area (Å²) in [4.78, 5) is 26.5. The van der Waals surface area contributed by atoms with E-state index in [0.717, 1.165) is 23.4 Å². The first-order chi connectivity index (χ1) is 14.0. The summed E-state index contributed by atoms with van der Waals surface area (Å²) in [5.41, 5.74) is 0.737. The molecule has 0 spiro atoms. The van der Waals surface area contributed by atoms with E-state index in [4.69, 9.17) is 4.74 Å². The highest BCUT2D eigenvalue weighted by Gasteiger charge is 2.25. The summed E-state index contributed by atoms with van der Waals surface area (Å²) in [5, 5.41) is 2.77. The average molecular weight is 402 g/mol. The molecule has 1 N–H and O–H groups in total. The molecule has 5 nitrogen and oxygen atoms in total. The molecule has 0 unspecified atom stereocenters. The zero-order valence-corrected chi connectivity index (χ0v) is 16.3. The fraction of sp³-hybridized carbons (Fsp3) is 0.364. The van der Waals surface area contributed by atoms with Gasteiger partial charge >= 0.3 is 0 Å². The summed E-state index contributed by atoms with van der Waals surface area (Å²) in [6.07, 6.45) is 1.48. The quantitative estimate of drug-likeness (QED) is 0.806. The lowest BCUT2D eigenvalue weighted by Crippen LogP contribution is -2.47. The van der Waals surface area contributed by atoms with Gasteiger partial charge in [-0.15, -0.1) is 0 Å². The van der Waals surface area contributed by atoms with E-state index in [2.05, 4.69) is 5.32 Å². The standard InChI is InChI=1S/C22H24F2N2O3/c1-2-29-18-6-3-15(4-7-18)13-21(27)26-11-9-17(10-12-26)25-22(28)19-8-5-16(23)14-20(19)24/h3-8,14,17H,2,9-13H2,1H3,(H,25,28). The second-order valence-electron chi connectivity index (χ2n) is 7.01. The Balaban J connectivity index is 1.48. The van der Waals surface area contributed by atoms with Crippen molar-refractivity contribution >= 4 is 11.8 Å². The summed E-state index contributed by atoms with van der Waals surface area (Å²) in [6.45, 7) is 3.55. The molecule has 0 atom stereocenters. The molecule has 0 radical (unpaired) electrons. The van der Waals surface area contributed by atoms with E-state index in [9.17, 15) is 18.4 Å². The number of benzene rings is 2. The number of hydrogen-bond donors (Lipinski definition) is 1. The minimum Gasteiger partial charge on any atom is -0.494 e. The summed E-state index contributed by atoms with van der Waals surface area (Å²) in [6, 6.07) is 10.2. The van der Waals surface area contributed by atoms with Crippen LogP contribution in [0.3, 0.4) is 0 Å². The first-order valence-corrected chi connectivity index (χ1v) is 9.71. The lowest BCUT2D eigenvalue weighted by Gasteiger charge is -2.32. The molecule has 7 heteroatoms. The molecule has 0 aromatic heterocycles. The smallest absolute Gasteiger partial charge is 0.254 e. The van der Waals surface area contributed by atoms with Crippen molar-refractivity contribution in [3.05, 3.63) is 65.2 Å². The van der Waals surface area contributed by atoms with Crippen LogP contribution in [0.2, 0.25) is 0 Å². The molecule has 1 heterocycles. The lowest BCUT2D eigenvalue weighted by molar-refractivity contribution is -0.131. The molecule has 2 amide bonds. The van der Waals surface area contributed by atoms with Gasteiger partial charge in [0.05, 0.1) is 18.6 Å². The van der Waals surface area contributed by atoms with Crippen LogP contribution in [0.25, 0.3) is 0 Å². The number of nitrogens with one attached hydrogen (secondary N) is 1. The molecular weight excluding hydrogens is 378 g/mol. The molecule has 1 aliphatic heterocycles. The summed E-state index contributed by atoms with van der Waals surface area (Å²) < 4.78 is 32.1. The molecule has 1 aliphatic rings. The minimum absolute atomic E-state index is 0.0310. The Bertz CT molecular complexity index is 863. The zero-order chi connectivity index (χ0) is 20.8. The van der Waals surface area contributed by atoms with Crippen LogP contribution in [0.4, 0.5) is 8.78 Å². The normalized spacial score (nSPS) is 14.5. The van der Waals surface area contributed by atoms with Crippen molar-refractivity contribution in [3.8, 4) is 5.75 Å². The van der Waals surface area contributed by atoms with Crippen molar-refractivity contribution < 1.29 is 23.1 Å². The number of piperidine rings is 1.